The molecule has 1 saturated heterocycles. The lowest BCUT2D eigenvalue weighted by Crippen LogP contribution is -2.55. The van der Waals surface area contributed by atoms with E-state index in [1.807, 2.05) is 18.7 Å². The van der Waals surface area contributed by atoms with Crippen molar-refractivity contribution in [1.82, 2.24) is 25.0 Å². The first kappa shape index (κ1) is 28.1. The number of ether oxygens (including phenoxy) is 1. The molecule has 1 atom stereocenters. The van der Waals surface area contributed by atoms with Crippen molar-refractivity contribution in [3.8, 4) is 11.4 Å². The monoisotopic (exact) mass is 578 g/mol. The zero-order valence-corrected chi connectivity index (χ0v) is 23.8. The van der Waals surface area contributed by atoms with Gasteiger partial charge in [0.05, 0.1) is 16.0 Å². The molecule has 0 bridgehead atoms. The molecule has 14 heteroatoms. The molecular weight excluding hydrogens is 546 g/mol. The average molecular weight is 579 g/mol. The maximum atomic E-state index is 13.4. The van der Waals surface area contributed by atoms with E-state index in [2.05, 4.69) is 20.1 Å². The van der Waals surface area contributed by atoms with Crippen molar-refractivity contribution in [2.24, 2.45) is 0 Å². The highest BCUT2D eigenvalue weighted by atomic mass is 32.2. The molecule has 3 heterocycles. The highest BCUT2D eigenvalue weighted by Crippen LogP contribution is 2.39. The van der Waals surface area contributed by atoms with Crippen LogP contribution in [0.5, 0.6) is 0 Å². The zero-order valence-electron chi connectivity index (χ0n) is 22.9. The molecule has 216 valence electrons. The van der Waals surface area contributed by atoms with E-state index in [4.69, 9.17) is 9.26 Å². The van der Waals surface area contributed by atoms with Crippen LogP contribution in [0.2, 0.25) is 0 Å². The molecule has 2 aromatic heterocycles. The number of amides is 1. The Morgan fingerprint density at radius 2 is 1.93 bits per heavy atom. The Labute approximate surface area is 230 Å². The lowest BCUT2D eigenvalue weighted by molar-refractivity contribution is 0.0159. The van der Waals surface area contributed by atoms with Gasteiger partial charge in [0.15, 0.2) is 5.58 Å². The predicted molar refractivity (Wildman–Crippen MR) is 143 cm³/mol. The van der Waals surface area contributed by atoms with E-state index in [-0.39, 0.29) is 22.3 Å². The minimum absolute atomic E-state index is 0.00644. The lowest BCUT2D eigenvalue weighted by atomic mass is 10.1. The number of piperazine rings is 1. The molecule has 40 heavy (non-hydrogen) atoms. The minimum Gasteiger partial charge on any atom is -0.444 e. The number of hydrogen-bond donors (Lipinski definition) is 1. The molecule has 1 aliphatic heterocycles. The summed E-state index contributed by atoms with van der Waals surface area (Å²) >= 11 is 0. The normalized spacial score (nSPS) is 19.4. The molecule has 0 unspecified atom stereocenters. The van der Waals surface area contributed by atoms with Gasteiger partial charge in [-0.15, -0.1) is 10.2 Å². The van der Waals surface area contributed by atoms with E-state index in [0.717, 1.165) is 18.9 Å². The summed E-state index contributed by atoms with van der Waals surface area (Å²) in [6, 6.07) is 5.21. The molecule has 2 aliphatic rings. The number of alkyl halides is 2. The van der Waals surface area contributed by atoms with E-state index in [1.165, 1.54) is 18.2 Å². The van der Waals surface area contributed by atoms with Crippen LogP contribution in [0, 0.1) is 0 Å². The fraction of sp³-hybridized carbons (Fsp3) is 0.538. The molecule has 0 radical (unpaired) electrons. The Morgan fingerprint density at radius 1 is 1.20 bits per heavy atom. The van der Waals surface area contributed by atoms with Crippen LogP contribution < -0.4 is 9.62 Å². The number of halogens is 2. The fourth-order valence-corrected chi connectivity index (χ4v) is 6.11. The number of carbonyl (C=O) groups excluding carboxylic acids is 1. The summed E-state index contributed by atoms with van der Waals surface area (Å²) in [5.74, 6) is 0. The van der Waals surface area contributed by atoms with E-state index < -0.39 is 39.4 Å². The first-order valence-corrected chi connectivity index (χ1v) is 14.5. The Hall–Kier alpha value is -3.39. The van der Waals surface area contributed by atoms with Crippen LogP contribution in [0.3, 0.4) is 0 Å². The van der Waals surface area contributed by atoms with E-state index >= 15 is 0 Å². The molecular formula is C26H32F2N6O5S. The first-order valence-electron chi connectivity index (χ1n) is 13.0. The number of rotatable bonds is 6. The summed E-state index contributed by atoms with van der Waals surface area (Å²) in [5.41, 5.74) is -0.501. The molecule has 1 aliphatic carbocycles. The number of sulfonamides is 1. The maximum absolute atomic E-state index is 13.4. The zero-order chi connectivity index (χ0) is 29.0. The second kappa shape index (κ2) is 9.91. The summed E-state index contributed by atoms with van der Waals surface area (Å²) < 4.78 is 66.9. The van der Waals surface area contributed by atoms with Gasteiger partial charge in [0.1, 0.15) is 22.7 Å². The van der Waals surface area contributed by atoms with Gasteiger partial charge in [0.2, 0.25) is 10.0 Å². The second-order valence-corrected chi connectivity index (χ2v) is 13.3. The van der Waals surface area contributed by atoms with Gasteiger partial charge in [-0.1, -0.05) is 5.16 Å². The maximum Gasteiger partial charge on any atom is 0.410 e. The van der Waals surface area contributed by atoms with Crippen LogP contribution in [0.15, 0.2) is 33.7 Å². The Balaban J connectivity index is 1.54. The lowest BCUT2D eigenvalue weighted by Gasteiger charge is -2.41. The topological polar surface area (TPSA) is 131 Å². The molecule has 1 amide bonds. The van der Waals surface area contributed by atoms with Crippen molar-refractivity contribution in [3.63, 3.8) is 0 Å². The van der Waals surface area contributed by atoms with Crippen molar-refractivity contribution in [1.29, 1.82) is 0 Å². The summed E-state index contributed by atoms with van der Waals surface area (Å²) in [6.07, 6.45) is -1.74. The summed E-state index contributed by atoms with van der Waals surface area (Å²) in [4.78, 5) is 16.3. The van der Waals surface area contributed by atoms with Crippen LogP contribution in [0.4, 0.5) is 19.3 Å². The van der Waals surface area contributed by atoms with Crippen LogP contribution in [0.25, 0.3) is 22.4 Å². The van der Waals surface area contributed by atoms with Gasteiger partial charge in [0.25, 0.3) is 6.43 Å². The number of benzene rings is 1. The van der Waals surface area contributed by atoms with Gasteiger partial charge in [-0.3, -0.25) is 0 Å². The van der Waals surface area contributed by atoms with Gasteiger partial charge in [0, 0.05) is 31.2 Å². The third-order valence-electron chi connectivity index (χ3n) is 6.96. The number of anilines is 1. The van der Waals surface area contributed by atoms with Crippen LogP contribution in [-0.2, 0) is 14.8 Å². The smallest absolute Gasteiger partial charge is 0.410 e. The largest absolute Gasteiger partial charge is 0.444 e. The minimum atomic E-state index is -3.93. The number of nitrogens with one attached hydrogen (secondary N) is 1. The van der Waals surface area contributed by atoms with Gasteiger partial charge < -0.3 is 19.1 Å². The number of aromatic nitrogens is 3. The Kier molecular flexibility index (Phi) is 6.97. The predicted octanol–water partition coefficient (Wildman–Crippen LogP) is 4.50. The second-order valence-electron chi connectivity index (χ2n) is 11.6. The van der Waals surface area contributed by atoms with Crippen LogP contribution in [0.1, 0.15) is 59.6 Å². The molecule has 2 fully saturated rings. The van der Waals surface area contributed by atoms with Crippen molar-refractivity contribution in [2.75, 3.05) is 24.5 Å². The summed E-state index contributed by atoms with van der Waals surface area (Å²) in [7, 11) is -3.93. The summed E-state index contributed by atoms with van der Waals surface area (Å²) in [5, 5.41) is 11.9. The Morgan fingerprint density at radius 3 is 2.50 bits per heavy atom. The highest BCUT2D eigenvalue weighted by Gasteiger charge is 2.42. The van der Waals surface area contributed by atoms with Gasteiger partial charge in [-0.25, -0.2) is 26.7 Å². The van der Waals surface area contributed by atoms with Crippen LogP contribution >= 0.6 is 0 Å². The van der Waals surface area contributed by atoms with Crippen molar-refractivity contribution in [3.05, 3.63) is 30.0 Å². The molecule has 3 aromatic rings. The van der Waals surface area contributed by atoms with Crippen LogP contribution in [-0.4, -0.2) is 71.6 Å². The van der Waals surface area contributed by atoms with E-state index in [0.29, 0.717) is 36.3 Å². The Bertz CT molecular complexity index is 1530. The fourth-order valence-electron chi connectivity index (χ4n) is 4.60. The number of nitrogens with zero attached hydrogens (tertiary/aromatic N) is 5. The quantitative estimate of drug-likeness (QED) is 0.449. The van der Waals surface area contributed by atoms with Gasteiger partial charge in [-0.05, 0) is 71.7 Å². The van der Waals surface area contributed by atoms with E-state index in [1.54, 1.807) is 25.7 Å². The standard InChI is InChI=1S/C26H32F2N6O5S/c1-15-14-33(10-11-34(15)24(35)38-25(2,3)4)20-13-16(40(36,37)32-26(5)8-9-26)12-17-21(31-39-22(17)20)18-6-7-19(23(27)28)30-29-18/h6-7,12-13,15,23,32H,8-11,14H2,1-5H3/t15-/m0/s1. The van der Waals surface area contributed by atoms with Gasteiger partial charge in [-0.2, -0.15) is 0 Å². The third-order valence-corrected chi connectivity index (χ3v) is 8.58. The number of carbonyl (C=O) groups is 1. The molecule has 1 saturated carbocycles. The summed E-state index contributed by atoms with van der Waals surface area (Å²) in [6.45, 7) is 10.2. The number of hydrogen-bond acceptors (Lipinski definition) is 9. The van der Waals surface area contributed by atoms with Crippen molar-refractivity contribution in [2.45, 2.75) is 76.0 Å². The van der Waals surface area contributed by atoms with Gasteiger partial charge >= 0.3 is 6.09 Å². The molecule has 0 spiro atoms. The molecule has 1 N–H and O–H groups in total. The van der Waals surface area contributed by atoms with Crippen molar-refractivity contribution < 1.29 is 31.3 Å². The molecule has 5 rings (SSSR count). The highest BCUT2D eigenvalue weighted by molar-refractivity contribution is 7.89. The molecule has 1 aromatic carbocycles. The SMILES string of the molecule is C[C@H]1CN(c2cc(S(=O)(=O)NC3(C)CC3)cc3c(-c4ccc(C(F)F)nn4)noc23)CCN1C(=O)OC(C)(C)C. The van der Waals surface area contributed by atoms with E-state index in [9.17, 15) is 22.0 Å². The van der Waals surface area contributed by atoms with Crippen molar-refractivity contribution >= 4 is 32.8 Å². The first-order chi connectivity index (χ1) is 18.7. The third kappa shape index (κ3) is 5.73. The number of fused-ring (bicyclic) bond motifs is 1. The molecule has 11 nitrogen and oxygen atoms in total. The average Bonchev–Trinajstić information content (AvgIpc) is 3.41.